The van der Waals surface area contributed by atoms with Crippen molar-refractivity contribution < 1.29 is 9.53 Å². The Morgan fingerprint density at radius 3 is 2.48 bits per heavy atom. The molecule has 1 unspecified atom stereocenters. The molecule has 1 aromatic carbocycles. The molecule has 5 nitrogen and oxygen atoms in total. The maximum Gasteiger partial charge on any atom is 0.254 e. The highest BCUT2D eigenvalue weighted by Crippen LogP contribution is 2.20. The summed E-state index contributed by atoms with van der Waals surface area (Å²) >= 11 is 0. The lowest BCUT2D eigenvalue weighted by molar-refractivity contribution is -0.0260. The van der Waals surface area contributed by atoms with Crippen molar-refractivity contribution in [2.24, 2.45) is 5.92 Å². The third-order valence-corrected chi connectivity index (χ3v) is 5.72. The molecule has 0 saturated carbocycles. The quantitative estimate of drug-likeness (QED) is 0.768. The molecule has 27 heavy (non-hydrogen) atoms. The van der Waals surface area contributed by atoms with Crippen LogP contribution in [0.4, 0.5) is 5.69 Å². The Balaban J connectivity index is 1.53. The molecule has 5 heteroatoms. The van der Waals surface area contributed by atoms with Crippen LogP contribution >= 0.6 is 0 Å². The van der Waals surface area contributed by atoms with Gasteiger partial charge in [-0.2, -0.15) is 0 Å². The highest BCUT2D eigenvalue weighted by Gasteiger charge is 2.25. The Bertz CT molecular complexity index is 594. The van der Waals surface area contributed by atoms with Crippen molar-refractivity contribution in [3.8, 4) is 0 Å². The van der Waals surface area contributed by atoms with E-state index in [-0.39, 0.29) is 12.0 Å². The Labute approximate surface area is 164 Å². The number of ether oxygens (including phenoxy) is 1. The van der Waals surface area contributed by atoms with E-state index in [4.69, 9.17) is 4.74 Å². The summed E-state index contributed by atoms with van der Waals surface area (Å²) in [6.45, 7) is 10.8. The molecule has 0 radical (unpaired) electrons. The second-order valence-corrected chi connectivity index (χ2v) is 8.41. The fourth-order valence-corrected chi connectivity index (χ4v) is 3.89. The molecule has 1 atom stereocenters. The zero-order valence-corrected chi connectivity index (χ0v) is 17.2. The van der Waals surface area contributed by atoms with E-state index in [1.807, 2.05) is 17.0 Å². The van der Waals surface area contributed by atoms with Gasteiger partial charge in [-0.05, 0) is 43.7 Å². The lowest BCUT2D eigenvalue weighted by atomic mass is 10.0. The number of morpholine rings is 1. The Morgan fingerprint density at radius 2 is 1.81 bits per heavy atom. The molecule has 2 aliphatic heterocycles. The predicted octanol–water partition coefficient (Wildman–Crippen LogP) is 3.11. The SMILES string of the molecule is CC(C)CCCC1CN(C(=O)c2ccc(N3CCN(C)CC3)cc2)CCO1. The molecule has 1 amide bonds. The number of rotatable bonds is 6. The molecular formula is C22H35N3O2. The molecule has 150 valence electrons. The number of carbonyl (C=O) groups excluding carboxylic acids is 1. The molecular weight excluding hydrogens is 338 g/mol. The van der Waals surface area contributed by atoms with Crippen LogP contribution in [0.1, 0.15) is 43.5 Å². The second kappa shape index (κ2) is 9.56. The summed E-state index contributed by atoms with van der Waals surface area (Å²) in [4.78, 5) is 19.6. The molecule has 0 bridgehead atoms. The van der Waals surface area contributed by atoms with Crippen LogP contribution in [0.15, 0.2) is 24.3 Å². The summed E-state index contributed by atoms with van der Waals surface area (Å²) < 4.78 is 5.88. The molecule has 2 fully saturated rings. The van der Waals surface area contributed by atoms with Gasteiger partial charge >= 0.3 is 0 Å². The number of hydrogen-bond donors (Lipinski definition) is 0. The number of nitrogens with zero attached hydrogens (tertiary/aromatic N) is 3. The van der Waals surface area contributed by atoms with Crippen LogP contribution in [0.5, 0.6) is 0 Å². The van der Waals surface area contributed by atoms with E-state index < -0.39 is 0 Å². The fraction of sp³-hybridized carbons (Fsp3) is 0.682. The van der Waals surface area contributed by atoms with Crippen LogP contribution in [0.3, 0.4) is 0 Å². The van der Waals surface area contributed by atoms with Gasteiger partial charge in [-0.1, -0.05) is 26.7 Å². The van der Waals surface area contributed by atoms with Gasteiger partial charge in [0.1, 0.15) is 0 Å². The van der Waals surface area contributed by atoms with Gasteiger partial charge in [0.05, 0.1) is 12.7 Å². The Morgan fingerprint density at radius 1 is 1.11 bits per heavy atom. The van der Waals surface area contributed by atoms with E-state index >= 15 is 0 Å². The lowest BCUT2D eigenvalue weighted by Gasteiger charge is -2.34. The summed E-state index contributed by atoms with van der Waals surface area (Å²) in [6, 6.07) is 8.16. The molecule has 1 aromatic rings. The number of amides is 1. The van der Waals surface area contributed by atoms with E-state index in [1.165, 1.54) is 18.5 Å². The highest BCUT2D eigenvalue weighted by atomic mass is 16.5. The number of piperazine rings is 1. The summed E-state index contributed by atoms with van der Waals surface area (Å²) in [6.07, 6.45) is 3.63. The third-order valence-electron chi connectivity index (χ3n) is 5.72. The molecule has 3 rings (SSSR count). The maximum atomic E-state index is 12.9. The van der Waals surface area contributed by atoms with Gasteiger partial charge in [0.2, 0.25) is 0 Å². The molecule has 2 saturated heterocycles. The Kier molecular flexibility index (Phi) is 7.13. The van der Waals surface area contributed by atoms with Gasteiger partial charge in [0.15, 0.2) is 0 Å². The first kappa shape index (κ1) is 20.2. The second-order valence-electron chi connectivity index (χ2n) is 8.41. The molecule has 0 aromatic heterocycles. The van der Waals surface area contributed by atoms with Crippen LogP contribution in [0.25, 0.3) is 0 Å². The number of carbonyl (C=O) groups is 1. The van der Waals surface area contributed by atoms with E-state index in [2.05, 4.69) is 42.8 Å². The van der Waals surface area contributed by atoms with E-state index in [0.717, 1.165) is 50.6 Å². The molecule has 0 spiro atoms. The third kappa shape index (κ3) is 5.69. The predicted molar refractivity (Wildman–Crippen MR) is 110 cm³/mol. The van der Waals surface area contributed by atoms with Crippen molar-refractivity contribution >= 4 is 11.6 Å². The monoisotopic (exact) mass is 373 g/mol. The number of anilines is 1. The molecule has 0 N–H and O–H groups in total. The zero-order valence-electron chi connectivity index (χ0n) is 17.2. The standard InChI is InChI=1S/C22H35N3O2/c1-18(2)5-4-6-21-17-25(15-16-27-21)22(26)19-7-9-20(10-8-19)24-13-11-23(3)12-14-24/h7-10,18,21H,4-6,11-17H2,1-3H3. The first-order valence-electron chi connectivity index (χ1n) is 10.5. The van der Waals surface area contributed by atoms with Crippen LogP contribution < -0.4 is 4.90 Å². The summed E-state index contributed by atoms with van der Waals surface area (Å²) in [5.74, 6) is 0.863. The van der Waals surface area contributed by atoms with E-state index in [9.17, 15) is 4.79 Å². The topological polar surface area (TPSA) is 36.0 Å². The van der Waals surface area contributed by atoms with Crippen LogP contribution in [-0.4, -0.2) is 74.7 Å². The number of hydrogen-bond acceptors (Lipinski definition) is 4. The van der Waals surface area contributed by atoms with Crippen molar-refractivity contribution in [3.63, 3.8) is 0 Å². The first-order valence-corrected chi connectivity index (χ1v) is 10.5. The fourth-order valence-electron chi connectivity index (χ4n) is 3.89. The average Bonchev–Trinajstić information content (AvgIpc) is 2.68. The first-order chi connectivity index (χ1) is 13.0. The summed E-state index contributed by atoms with van der Waals surface area (Å²) in [5, 5.41) is 0. The highest BCUT2D eigenvalue weighted by molar-refractivity contribution is 5.94. The minimum absolute atomic E-state index is 0.136. The normalized spacial score (nSPS) is 21.7. The van der Waals surface area contributed by atoms with Crippen molar-refractivity contribution in [1.82, 2.24) is 9.80 Å². The minimum Gasteiger partial charge on any atom is -0.375 e. The smallest absolute Gasteiger partial charge is 0.254 e. The van der Waals surface area contributed by atoms with Gasteiger partial charge in [0.25, 0.3) is 5.91 Å². The summed E-state index contributed by atoms with van der Waals surface area (Å²) in [7, 11) is 2.16. The van der Waals surface area contributed by atoms with Gasteiger partial charge in [-0.3, -0.25) is 4.79 Å². The van der Waals surface area contributed by atoms with Crippen LogP contribution in [0.2, 0.25) is 0 Å². The molecule has 0 aliphatic carbocycles. The molecule has 2 aliphatic rings. The van der Waals surface area contributed by atoms with E-state index in [1.54, 1.807) is 0 Å². The van der Waals surface area contributed by atoms with E-state index in [0.29, 0.717) is 13.2 Å². The van der Waals surface area contributed by atoms with Crippen molar-refractivity contribution in [3.05, 3.63) is 29.8 Å². The van der Waals surface area contributed by atoms with Gasteiger partial charge in [-0.15, -0.1) is 0 Å². The lowest BCUT2D eigenvalue weighted by Crippen LogP contribution is -2.45. The van der Waals surface area contributed by atoms with Gasteiger partial charge in [0, 0.05) is 50.5 Å². The van der Waals surface area contributed by atoms with Crippen LogP contribution in [0, 0.1) is 5.92 Å². The number of benzene rings is 1. The van der Waals surface area contributed by atoms with Crippen molar-refractivity contribution in [2.45, 2.75) is 39.2 Å². The number of likely N-dealkylation sites (N-methyl/N-ethyl adjacent to an activating group) is 1. The Hall–Kier alpha value is -1.59. The van der Waals surface area contributed by atoms with Crippen LogP contribution in [-0.2, 0) is 4.74 Å². The van der Waals surface area contributed by atoms with Gasteiger partial charge < -0.3 is 19.4 Å². The summed E-state index contributed by atoms with van der Waals surface area (Å²) in [5.41, 5.74) is 2.00. The van der Waals surface area contributed by atoms with Crippen molar-refractivity contribution in [1.29, 1.82) is 0 Å². The average molecular weight is 374 g/mol. The van der Waals surface area contributed by atoms with Gasteiger partial charge in [-0.25, -0.2) is 0 Å². The van der Waals surface area contributed by atoms with Crippen molar-refractivity contribution in [2.75, 3.05) is 57.8 Å². The zero-order chi connectivity index (χ0) is 19.2. The largest absolute Gasteiger partial charge is 0.375 e. The molecule has 2 heterocycles. The minimum atomic E-state index is 0.136. The maximum absolute atomic E-state index is 12.9.